The molecule has 3 heteroatoms. The van der Waals surface area contributed by atoms with Gasteiger partial charge in [-0.2, -0.15) is 0 Å². The summed E-state index contributed by atoms with van der Waals surface area (Å²) in [5.74, 6) is 0. The van der Waals surface area contributed by atoms with Gasteiger partial charge in [-0.1, -0.05) is 28.1 Å². The molecule has 88 valence electrons. The Kier molecular flexibility index (Phi) is 3.65. The lowest BCUT2D eigenvalue weighted by Crippen LogP contribution is -2.29. The summed E-state index contributed by atoms with van der Waals surface area (Å²) in [6, 6.07) is 7.85. The van der Waals surface area contributed by atoms with Gasteiger partial charge in [-0.05, 0) is 44.0 Å². The van der Waals surface area contributed by atoms with Crippen LogP contribution in [0.5, 0.6) is 0 Å². The van der Waals surface area contributed by atoms with Crippen molar-refractivity contribution < 1.29 is 4.39 Å². The molecule has 1 saturated heterocycles. The Hall–Kier alpha value is -0.410. The zero-order valence-electron chi connectivity index (χ0n) is 9.47. The van der Waals surface area contributed by atoms with Crippen molar-refractivity contribution in [3.05, 3.63) is 34.3 Å². The molecule has 0 spiro atoms. The fraction of sp³-hybridized carbons (Fsp3) is 0.538. The number of halogens is 2. The average Bonchev–Trinajstić information content (AvgIpc) is 2.70. The highest BCUT2D eigenvalue weighted by atomic mass is 79.9. The summed E-state index contributed by atoms with van der Waals surface area (Å²) < 4.78 is 15.5. The third-order valence-electron chi connectivity index (χ3n) is 3.24. The van der Waals surface area contributed by atoms with Gasteiger partial charge in [0.05, 0.1) is 0 Å². The highest BCUT2D eigenvalue weighted by Crippen LogP contribution is 2.33. The first kappa shape index (κ1) is 12.1. The predicted molar refractivity (Wildman–Crippen MR) is 68.2 cm³/mol. The van der Waals surface area contributed by atoms with E-state index in [-0.39, 0.29) is 0 Å². The molecular weight excluding hydrogens is 269 g/mol. The summed E-state index contributed by atoms with van der Waals surface area (Å²) in [5.41, 5.74) is -0.465. The van der Waals surface area contributed by atoms with Crippen LogP contribution < -0.4 is 5.32 Å². The molecule has 0 amide bonds. The SMILES string of the molecule is CC(F)(CC1CCCN1)c1ccc(Br)cc1. The molecule has 0 aliphatic carbocycles. The molecule has 0 saturated carbocycles. The topological polar surface area (TPSA) is 12.0 Å². The second-order valence-corrected chi connectivity index (χ2v) is 5.62. The van der Waals surface area contributed by atoms with Crippen molar-refractivity contribution in [3.63, 3.8) is 0 Å². The van der Waals surface area contributed by atoms with Crippen LogP contribution >= 0.6 is 15.9 Å². The average molecular weight is 286 g/mol. The normalized spacial score (nSPS) is 24.3. The van der Waals surface area contributed by atoms with Gasteiger partial charge in [-0.15, -0.1) is 0 Å². The number of hydrogen-bond acceptors (Lipinski definition) is 1. The Labute approximate surface area is 105 Å². The maximum absolute atomic E-state index is 14.6. The van der Waals surface area contributed by atoms with Gasteiger partial charge in [0.1, 0.15) is 5.67 Å². The number of rotatable bonds is 3. The lowest BCUT2D eigenvalue weighted by molar-refractivity contribution is 0.159. The first-order valence-electron chi connectivity index (χ1n) is 5.76. The van der Waals surface area contributed by atoms with Crippen LogP contribution in [0.3, 0.4) is 0 Å². The van der Waals surface area contributed by atoms with Crippen molar-refractivity contribution in [3.8, 4) is 0 Å². The molecule has 2 atom stereocenters. The van der Waals surface area contributed by atoms with Crippen LogP contribution in [0.25, 0.3) is 0 Å². The van der Waals surface area contributed by atoms with Gasteiger partial charge in [0.15, 0.2) is 0 Å². The van der Waals surface area contributed by atoms with Crippen LogP contribution in [-0.4, -0.2) is 12.6 Å². The van der Waals surface area contributed by atoms with Gasteiger partial charge >= 0.3 is 0 Å². The van der Waals surface area contributed by atoms with Gasteiger partial charge in [-0.3, -0.25) is 0 Å². The smallest absolute Gasteiger partial charge is 0.134 e. The van der Waals surface area contributed by atoms with Crippen LogP contribution in [0, 0.1) is 0 Å². The molecule has 1 aliphatic heterocycles. The number of alkyl halides is 1. The molecule has 2 rings (SSSR count). The minimum Gasteiger partial charge on any atom is -0.314 e. The fourth-order valence-electron chi connectivity index (χ4n) is 2.31. The Morgan fingerprint density at radius 3 is 2.69 bits per heavy atom. The Bertz CT molecular complexity index is 341. The zero-order valence-corrected chi connectivity index (χ0v) is 11.1. The van der Waals surface area contributed by atoms with Gasteiger partial charge in [0.25, 0.3) is 0 Å². The third kappa shape index (κ3) is 2.83. The Balaban J connectivity index is 2.07. The van der Waals surface area contributed by atoms with E-state index in [2.05, 4.69) is 21.2 Å². The first-order valence-corrected chi connectivity index (χ1v) is 6.55. The summed E-state index contributed by atoms with van der Waals surface area (Å²) in [4.78, 5) is 0. The third-order valence-corrected chi connectivity index (χ3v) is 3.77. The highest BCUT2D eigenvalue weighted by Gasteiger charge is 2.30. The molecule has 1 heterocycles. The van der Waals surface area contributed by atoms with Crippen molar-refractivity contribution in [1.82, 2.24) is 5.32 Å². The summed E-state index contributed by atoms with van der Waals surface area (Å²) in [6.45, 7) is 2.71. The van der Waals surface area contributed by atoms with Gasteiger partial charge in [0.2, 0.25) is 0 Å². The van der Waals surface area contributed by atoms with E-state index in [4.69, 9.17) is 0 Å². The summed E-state index contributed by atoms with van der Waals surface area (Å²) in [6.07, 6.45) is 2.83. The lowest BCUT2D eigenvalue weighted by atomic mass is 9.90. The van der Waals surface area contributed by atoms with Crippen LogP contribution in [0.15, 0.2) is 28.7 Å². The largest absolute Gasteiger partial charge is 0.314 e. The Morgan fingerprint density at radius 1 is 1.44 bits per heavy atom. The van der Waals surface area contributed by atoms with E-state index in [0.29, 0.717) is 12.5 Å². The van der Waals surface area contributed by atoms with Crippen molar-refractivity contribution in [2.24, 2.45) is 0 Å². The predicted octanol–water partition coefficient (Wildman–Crippen LogP) is 3.78. The highest BCUT2D eigenvalue weighted by molar-refractivity contribution is 9.10. The first-order chi connectivity index (χ1) is 7.58. The summed E-state index contributed by atoms with van der Waals surface area (Å²) >= 11 is 3.37. The van der Waals surface area contributed by atoms with Crippen LogP contribution in [0.1, 0.15) is 31.7 Å². The molecule has 2 unspecified atom stereocenters. The quantitative estimate of drug-likeness (QED) is 0.891. The molecule has 1 nitrogen and oxygen atoms in total. The van der Waals surface area contributed by atoms with Crippen molar-refractivity contribution in [1.29, 1.82) is 0 Å². The molecule has 1 aromatic rings. The van der Waals surface area contributed by atoms with E-state index >= 15 is 0 Å². The molecule has 0 bridgehead atoms. The van der Waals surface area contributed by atoms with Crippen LogP contribution in [0.4, 0.5) is 4.39 Å². The maximum Gasteiger partial charge on any atom is 0.134 e. The number of nitrogens with one attached hydrogen (secondary N) is 1. The van der Waals surface area contributed by atoms with Gasteiger partial charge in [0, 0.05) is 16.9 Å². The van der Waals surface area contributed by atoms with E-state index in [1.807, 2.05) is 24.3 Å². The second-order valence-electron chi connectivity index (χ2n) is 4.70. The van der Waals surface area contributed by atoms with Crippen molar-refractivity contribution in [2.75, 3.05) is 6.54 Å². The lowest BCUT2D eigenvalue weighted by Gasteiger charge is -2.24. The molecule has 1 aliphatic rings. The maximum atomic E-state index is 14.6. The van der Waals surface area contributed by atoms with Crippen molar-refractivity contribution >= 4 is 15.9 Å². The van der Waals surface area contributed by atoms with Gasteiger partial charge in [-0.25, -0.2) is 4.39 Å². The zero-order chi connectivity index (χ0) is 11.6. The molecule has 0 radical (unpaired) electrons. The standard InChI is InChI=1S/C13H17BrFN/c1-13(15,9-12-3-2-8-16-12)10-4-6-11(14)7-5-10/h4-7,12,16H,2-3,8-9H2,1H3. The summed E-state index contributed by atoms with van der Waals surface area (Å²) in [5, 5.41) is 3.34. The number of hydrogen-bond donors (Lipinski definition) is 1. The van der Waals surface area contributed by atoms with E-state index in [1.165, 1.54) is 6.42 Å². The van der Waals surface area contributed by atoms with E-state index in [1.54, 1.807) is 6.92 Å². The molecule has 1 N–H and O–H groups in total. The van der Waals surface area contributed by atoms with E-state index in [9.17, 15) is 4.39 Å². The molecule has 1 fully saturated rings. The van der Waals surface area contributed by atoms with E-state index in [0.717, 1.165) is 23.0 Å². The van der Waals surface area contributed by atoms with Gasteiger partial charge < -0.3 is 5.32 Å². The van der Waals surface area contributed by atoms with E-state index < -0.39 is 5.67 Å². The molecular formula is C13H17BrFN. The van der Waals surface area contributed by atoms with Crippen LogP contribution in [-0.2, 0) is 5.67 Å². The van der Waals surface area contributed by atoms with Crippen molar-refractivity contribution in [2.45, 2.75) is 37.9 Å². The molecule has 0 aromatic heterocycles. The minimum atomic E-state index is -1.23. The van der Waals surface area contributed by atoms with Crippen LogP contribution in [0.2, 0.25) is 0 Å². The molecule has 16 heavy (non-hydrogen) atoms. The minimum absolute atomic E-state index is 0.332. The monoisotopic (exact) mass is 285 g/mol. The fourth-order valence-corrected chi connectivity index (χ4v) is 2.57. The molecule has 1 aromatic carbocycles. The second kappa shape index (κ2) is 4.84. The number of benzene rings is 1. The Morgan fingerprint density at radius 2 is 2.12 bits per heavy atom. The summed E-state index contributed by atoms with van der Waals surface area (Å²) in [7, 11) is 0.